The summed E-state index contributed by atoms with van der Waals surface area (Å²) >= 11 is 5.07. The van der Waals surface area contributed by atoms with E-state index in [2.05, 4.69) is 5.32 Å². The van der Waals surface area contributed by atoms with Crippen molar-refractivity contribution in [2.24, 2.45) is 5.92 Å². The maximum atomic E-state index is 11.6. The van der Waals surface area contributed by atoms with E-state index in [1.54, 1.807) is 31.2 Å². The van der Waals surface area contributed by atoms with Crippen molar-refractivity contribution in [3.63, 3.8) is 0 Å². The Morgan fingerprint density at radius 2 is 2.00 bits per heavy atom. The summed E-state index contributed by atoms with van der Waals surface area (Å²) in [5.74, 6) is -0.999. The topological polar surface area (TPSA) is 71.4 Å². The third-order valence-electron chi connectivity index (χ3n) is 2.35. The molecule has 1 aromatic rings. The second-order valence-electron chi connectivity index (χ2n) is 3.76. The van der Waals surface area contributed by atoms with Crippen molar-refractivity contribution < 1.29 is 14.3 Å². The van der Waals surface area contributed by atoms with Gasteiger partial charge >= 0.3 is 5.97 Å². The first-order chi connectivity index (χ1) is 9.62. The Kier molecular flexibility index (Phi) is 6.47. The molecule has 1 aromatic carbocycles. The minimum atomic E-state index is -1.10. The van der Waals surface area contributed by atoms with Gasteiger partial charge in [0.15, 0.2) is 5.92 Å². The quantitative estimate of drug-likeness (QED) is 0.641. The van der Waals surface area contributed by atoms with E-state index >= 15 is 0 Å². The second-order valence-corrected chi connectivity index (χ2v) is 4.20. The van der Waals surface area contributed by atoms with Gasteiger partial charge in [-0.25, -0.2) is 0 Å². The van der Waals surface area contributed by atoms with Gasteiger partial charge in [0, 0.05) is 5.69 Å². The summed E-state index contributed by atoms with van der Waals surface area (Å²) < 4.78 is 10.1. The fraction of sp³-hybridized carbons (Fsp3) is 0.357. The number of anilines is 1. The summed E-state index contributed by atoms with van der Waals surface area (Å²) in [5.41, 5.74) is 0.683. The molecule has 1 atom stereocenters. The van der Waals surface area contributed by atoms with Crippen LogP contribution in [0.25, 0.3) is 0 Å². The van der Waals surface area contributed by atoms with Gasteiger partial charge < -0.3 is 14.8 Å². The number of nitriles is 1. The summed E-state index contributed by atoms with van der Waals surface area (Å²) in [6, 6.07) is 8.91. The van der Waals surface area contributed by atoms with Crippen LogP contribution in [0.1, 0.15) is 13.8 Å². The number of hydrogen-bond donors (Lipinski definition) is 1. The molecule has 0 spiro atoms. The molecule has 1 rings (SSSR count). The van der Waals surface area contributed by atoms with E-state index in [1.165, 1.54) is 0 Å². The zero-order valence-corrected chi connectivity index (χ0v) is 12.2. The first-order valence-electron chi connectivity index (χ1n) is 6.22. The fourth-order valence-electron chi connectivity index (χ4n) is 1.46. The summed E-state index contributed by atoms with van der Waals surface area (Å²) in [6.45, 7) is 4.38. The molecule has 6 heteroatoms. The normalized spacial score (nSPS) is 11.1. The molecule has 20 heavy (non-hydrogen) atoms. The summed E-state index contributed by atoms with van der Waals surface area (Å²) in [7, 11) is 0. The summed E-state index contributed by atoms with van der Waals surface area (Å²) in [5, 5.41) is 11.8. The highest BCUT2D eigenvalue weighted by Gasteiger charge is 2.24. The van der Waals surface area contributed by atoms with Crippen molar-refractivity contribution in [1.82, 2.24) is 0 Å². The number of hydrogen-bond acceptors (Lipinski definition) is 5. The molecule has 0 aromatic heterocycles. The molecule has 0 radical (unpaired) electrons. The molecule has 5 nitrogen and oxygen atoms in total. The van der Waals surface area contributed by atoms with Crippen molar-refractivity contribution in [2.45, 2.75) is 13.8 Å². The number of nitrogens with zero attached hydrogens (tertiary/aromatic N) is 1. The van der Waals surface area contributed by atoms with E-state index in [0.29, 0.717) is 12.3 Å². The van der Waals surface area contributed by atoms with Gasteiger partial charge in [-0.05, 0) is 38.1 Å². The van der Waals surface area contributed by atoms with Crippen molar-refractivity contribution in [3.05, 3.63) is 24.3 Å². The van der Waals surface area contributed by atoms with Gasteiger partial charge in [0.1, 0.15) is 10.7 Å². The lowest BCUT2D eigenvalue weighted by Crippen LogP contribution is -2.28. The lowest BCUT2D eigenvalue weighted by atomic mass is 10.1. The van der Waals surface area contributed by atoms with Crippen molar-refractivity contribution >= 4 is 28.9 Å². The lowest BCUT2D eigenvalue weighted by Gasteiger charge is -2.12. The summed E-state index contributed by atoms with van der Waals surface area (Å²) in [6.07, 6.45) is 0. The van der Waals surface area contributed by atoms with Crippen LogP contribution in [0.4, 0.5) is 5.69 Å². The zero-order valence-electron chi connectivity index (χ0n) is 11.4. The smallest absolute Gasteiger partial charge is 0.330 e. The number of nitrogens with one attached hydrogen (secondary N) is 1. The van der Waals surface area contributed by atoms with Gasteiger partial charge in [-0.1, -0.05) is 12.2 Å². The van der Waals surface area contributed by atoms with E-state index in [1.807, 2.05) is 13.0 Å². The number of carbonyl (C=O) groups excluding carboxylic acids is 1. The van der Waals surface area contributed by atoms with Crippen LogP contribution in [0.15, 0.2) is 24.3 Å². The Balaban J connectivity index is 2.69. The highest BCUT2D eigenvalue weighted by Crippen LogP contribution is 2.17. The average molecular weight is 292 g/mol. The predicted octanol–water partition coefficient (Wildman–Crippen LogP) is 2.53. The average Bonchev–Trinajstić information content (AvgIpc) is 2.42. The van der Waals surface area contributed by atoms with Crippen LogP contribution >= 0.6 is 12.2 Å². The van der Waals surface area contributed by atoms with E-state index < -0.39 is 11.9 Å². The van der Waals surface area contributed by atoms with Crippen LogP contribution in [0, 0.1) is 17.2 Å². The molecular formula is C14H16N2O3S. The van der Waals surface area contributed by atoms with Gasteiger partial charge in [0.05, 0.1) is 19.3 Å². The Labute approximate surface area is 123 Å². The molecule has 0 heterocycles. The lowest BCUT2D eigenvalue weighted by molar-refractivity contribution is -0.143. The first kappa shape index (κ1) is 15.9. The molecule has 0 bridgehead atoms. The molecule has 0 aliphatic carbocycles. The second kappa shape index (κ2) is 8.12. The number of thiocarbonyl (C=S) groups is 1. The molecule has 0 saturated heterocycles. The molecular weight excluding hydrogens is 276 g/mol. The van der Waals surface area contributed by atoms with Gasteiger partial charge in [0.2, 0.25) is 0 Å². The third kappa shape index (κ3) is 4.52. The van der Waals surface area contributed by atoms with E-state index in [9.17, 15) is 4.79 Å². The molecule has 0 unspecified atom stereocenters. The maximum absolute atomic E-state index is 11.6. The number of carbonyl (C=O) groups is 1. The fourth-order valence-corrected chi connectivity index (χ4v) is 1.73. The van der Waals surface area contributed by atoms with E-state index in [0.717, 1.165) is 5.75 Å². The number of ether oxygens (including phenoxy) is 2. The molecule has 106 valence electrons. The molecule has 0 aliphatic rings. The molecule has 0 saturated carbocycles. The predicted molar refractivity (Wildman–Crippen MR) is 79.6 cm³/mol. The Bertz CT molecular complexity index is 508. The molecule has 0 fully saturated rings. The largest absolute Gasteiger partial charge is 0.494 e. The Morgan fingerprint density at radius 3 is 2.50 bits per heavy atom. The minimum Gasteiger partial charge on any atom is -0.494 e. The van der Waals surface area contributed by atoms with Gasteiger partial charge in [-0.2, -0.15) is 5.26 Å². The van der Waals surface area contributed by atoms with Crippen LogP contribution in [0.2, 0.25) is 0 Å². The SMILES string of the molecule is CCOC(=O)[C@@H](C#N)C(=S)Nc1ccc(OCC)cc1. The molecule has 1 N–H and O–H groups in total. The van der Waals surface area contributed by atoms with Gasteiger partial charge in [-0.15, -0.1) is 0 Å². The highest BCUT2D eigenvalue weighted by atomic mass is 32.1. The van der Waals surface area contributed by atoms with E-state index in [-0.39, 0.29) is 11.6 Å². The van der Waals surface area contributed by atoms with Crippen LogP contribution in [-0.2, 0) is 9.53 Å². The van der Waals surface area contributed by atoms with E-state index in [4.69, 9.17) is 27.0 Å². The van der Waals surface area contributed by atoms with Crippen LogP contribution in [-0.4, -0.2) is 24.2 Å². The highest BCUT2D eigenvalue weighted by molar-refractivity contribution is 7.80. The number of rotatable bonds is 6. The standard InChI is InChI=1S/C14H16N2O3S/c1-3-18-11-7-5-10(6-8-11)16-13(20)12(9-15)14(17)19-4-2/h5-8,12H,3-4H2,1-2H3,(H,16,20)/t12-/m0/s1. The third-order valence-corrected chi connectivity index (χ3v) is 2.68. The maximum Gasteiger partial charge on any atom is 0.330 e. The van der Waals surface area contributed by atoms with Crippen molar-refractivity contribution in [3.8, 4) is 11.8 Å². The Hall–Kier alpha value is -2.13. The van der Waals surface area contributed by atoms with Crippen LogP contribution in [0.5, 0.6) is 5.75 Å². The molecule has 0 amide bonds. The molecule has 0 aliphatic heterocycles. The number of benzene rings is 1. The van der Waals surface area contributed by atoms with Crippen LogP contribution < -0.4 is 10.1 Å². The van der Waals surface area contributed by atoms with Crippen LogP contribution in [0.3, 0.4) is 0 Å². The Morgan fingerprint density at radius 1 is 1.35 bits per heavy atom. The van der Waals surface area contributed by atoms with Crippen molar-refractivity contribution in [2.75, 3.05) is 18.5 Å². The number of esters is 1. The zero-order chi connectivity index (χ0) is 15.0. The van der Waals surface area contributed by atoms with Crippen molar-refractivity contribution in [1.29, 1.82) is 5.26 Å². The van der Waals surface area contributed by atoms with Gasteiger partial charge in [0.25, 0.3) is 0 Å². The summed E-state index contributed by atoms with van der Waals surface area (Å²) in [4.78, 5) is 11.7. The monoisotopic (exact) mass is 292 g/mol. The van der Waals surface area contributed by atoms with Gasteiger partial charge in [-0.3, -0.25) is 4.79 Å². The minimum absolute atomic E-state index is 0.120. The first-order valence-corrected chi connectivity index (χ1v) is 6.63.